The third-order valence-electron chi connectivity index (χ3n) is 4.57. The van der Waals surface area contributed by atoms with Crippen LogP contribution in [0.5, 0.6) is 0 Å². The van der Waals surface area contributed by atoms with Gasteiger partial charge in [-0.2, -0.15) is 5.10 Å². The Labute approximate surface area is 146 Å². The second-order valence-electron chi connectivity index (χ2n) is 6.31. The quantitative estimate of drug-likeness (QED) is 0.859. The maximum Gasteiger partial charge on any atom is 0.314 e. The summed E-state index contributed by atoms with van der Waals surface area (Å²) in [5.41, 5.74) is 7.51. The molecule has 3 N–H and O–H groups in total. The van der Waals surface area contributed by atoms with Crippen molar-refractivity contribution in [2.75, 3.05) is 13.1 Å². The van der Waals surface area contributed by atoms with E-state index in [0.717, 1.165) is 24.0 Å². The smallest absolute Gasteiger partial charge is 0.314 e. The monoisotopic (exact) mass is 341 g/mol. The molecule has 1 fully saturated rings. The van der Waals surface area contributed by atoms with Crippen LogP contribution in [0.1, 0.15) is 24.0 Å². The second-order valence-corrected chi connectivity index (χ2v) is 6.31. The molecule has 0 radical (unpaired) electrons. The Hall–Kier alpha value is -2.83. The zero-order valence-electron chi connectivity index (χ0n) is 14.1. The van der Waals surface area contributed by atoms with E-state index in [9.17, 15) is 9.59 Å². The van der Waals surface area contributed by atoms with Crippen LogP contribution >= 0.6 is 0 Å². The number of piperidine rings is 1. The second kappa shape index (κ2) is 7.83. The normalized spacial score (nSPS) is 17.3. The molecule has 0 spiro atoms. The Kier molecular flexibility index (Phi) is 5.33. The molecule has 1 aromatic carbocycles. The first-order chi connectivity index (χ1) is 12.1. The van der Waals surface area contributed by atoms with Crippen molar-refractivity contribution in [3.8, 4) is 0 Å². The first-order valence-corrected chi connectivity index (χ1v) is 8.50. The topological polar surface area (TPSA) is 93.3 Å². The van der Waals surface area contributed by atoms with Crippen molar-refractivity contribution in [3.63, 3.8) is 0 Å². The van der Waals surface area contributed by atoms with E-state index in [-0.39, 0.29) is 11.8 Å². The minimum absolute atomic E-state index is 0.0279. The van der Waals surface area contributed by atoms with Gasteiger partial charge in [0.05, 0.1) is 12.5 Å². The summed E-state index contributed by atoms with van der Waals surface area (Å²) in [6, 6.07) is 9.42. The number of rotatable bonds is 5. The fourth-order valence-corrected chi connectivity index (χ4v) is 3.17. The van der Waals surface area contributed by atoms with Gasteiger partial charge in [0.25, 0.3) is 0 Å². The number of carbonyl (C=O) groups is 2. The van der Waals surface area contributed by atoms with E-state index in [0.29, 0.717) is 26.2 Å². The van der Waals surface area contributed by atoms with Crippen LogP contribution < -0.4 is 11.1 Å². The van der Waals surface area contributed by atoms with Crippen LogP contribution in [-0.2, 0) is 17.9 Å². The van der Waals surface area contributed by atoms with Gasteiger partial charge < -0.3 is 16.0 Å². The maximum absolute atomic E-state index is 12.5. The average molecular weight is 341 g/mol. The van der Waals surface area contributed by atoms with E-state index in [2.05, 4.69) is 10.4 Å². The highest BCUT2D eigenvalue weighted by Gasteiger charge is 2.27. The highest BCUT2D eigenvalue weighted by molar-refractivity contribution is 5.80. The fraction of sp³-hybridized carbons (Fsp3) is 0.389. The van der Waals surface area contributed by atoms with Gasteiger partial charge in [0, 0.05) is 32.0 Å². The minimum atomic E-state index is -0.456. The van der Waals surface area contributed by atoms with Crippen LogP contribution in [-0.4, -0.2) is 39.7 Å². The molecule has 0 bridgehead atoms. The van der Waals surface area contributed by atoms with Crippen LogP contribution in [0.2, 0.25) is 0 Å². The molecule has 1 aliphatic heterocycles. The zero-order chi connectivity index (χ0) is 17.6. The Morgan fingerprint density at radius 1 is 1.24 bits per heavy atom. The number of likely N-dealkylation sites (tertiary alicyclic amines) is 1. The van der Waals surface area contributed by atoms with Crippen molar-refractivity contribution in [2.45, 2.75) is 25.9 Å². The minimum Gasteiger partial charge on any atom is -0.352 e. The Morgan fingerprint density at radius 2 is 2.04 bits per heavy atom. The molecule has 3 rings (SSSR count). The van der Waals surface area contributed by atoms with Gasteiger partial charge in [-0.3, -0.25) is 9.48 Å². The number of carbonyl (C=O) groups excluding carboxylic acids is 2. The Morgan fingerprint density at radius 3 is 2.76 bits per heavy atom. The summed E-state index contributed by atoms with van der Waals surface area (Å²) >= 11 is 0. The van der Waals surface area contributed by atoms with Gasteiger partial charge in [0.1, 0.15) is 0 Å². The lowest BCUT2D eigenvalue weighted by molar-refractivity contribution is -0.126. The predicted octanol–water partition coefficient (Wildman–Crippen LogP) is 1.34. The lowest BCUT2D eigenvalue weighted by atomic mass is 9.97. The van der Waals surface area contributed by atoms with Crippen molar-refractivity contribution >= 4 is 11.9 Å². The largest absolute Gasteiger partial charge is 0.352 e. The molecule has 1 atom stereocenters. The van der Waals surface area contributed by atoms with E-state index in [1.807, 2.05) is 41.2 Å². The number of hydrogen-bond acceptors (Lipinski definition) is 3. The van der Waals surface area contributed by atoms with Crippen molar-refractivity contribution < 1.29 is 9.59 Å². The number of primary amides is 1. The molecule has 7 nitrogen and oxygen atoms in total. The molecule has 7 heteroatoms. The van der Waals surface area contributed by atoms with Crippen molar-refractivity contribution in [3.05, 3.63) is 53.9 Å². The highest BCUT2D eigenvalue weighted by Crippen LogP contribution is 2.17. The summed E-state index contributed by atoms with van der Waals surface area (Å²) in [6.45, 7) is 2.16. The van der Waals surface area contributed by atoms with Gasteiger partial charge in [-0.1, -0.05) is 24.3 Å². The molecule has 1 aliphatic rings. The van der Waals surface area contributed by atoms with Gasteiger partial charge in [-0.05, 0) is 30.0 Å². The molecular formula is C18H23N5O2. The lowest BCUT2D eigenvalue weighted by Gasteiger charge is -2.30. The van der Waals surface area contributed by atoms with Gasteiger partial charge in [0.2, 0.25) is 5.91 Å². The molecule has 25 heavy (non-hydrogen) atoms. The number of amides is 3. The highest BCUT2D eigenvalue weighted by atomic mass is 16.2. The standard InChI is InChI=1S/C18H23N5O2/c19-18(25)22-9-3-7-16(12-22)17(24)20-11-14-5-1-2-6-15(14)13-23-10-4-8-21-23/h1-2,4-6,8,10,16H,3,7,9,11-13H2,(H2,19,25)(H,20,24)/t16-/m0/s1. The average Bonchev–Trinajstić information content (AvgIpc) is 3.14. The summed E-state index contributed by atoms with van der Waals surface area (Å²) in [4.78, 5) is 25.3. The SMILES string of the molecule is NC(=O)N1CCC[C@H](C(=O)NCc2ccccc2Cn2cccn2)C1. The van der Waals surface area contributed by atoms with Gasteiger partial charge in [0.15, 0.2) is 0 Å². The van der Waals surface area contributed by atoms with Crippen LogP contribution in [0.4, 0.5) is 4.79 Å². The number of hydrogen-bond donors (Lipinski definition) is 2. The Balaban J connectivity index is 1.59. The lowest BCUT2D eigenvalue weighted by Crippen LogP contribution is -2.47. The first kappa shape index (κ1) is 17.0. The molecule has 1 saturated heterocycles. The number of urea groups is 1. The van der Waals surface area contributed by atoms with E-state index >= 15 is 0 Å². The number of nitrogens with two attached hydrogens (primary N) is 1. The number of benzene rings is 1. The molecule has 0 unspecified atom stereocenters. The fourth-order valence-electron chi connectivity index (χ4n) is 3.17. The first-order valence-electron chi connectivity index (χ1n) is 8.50. The van der Waals surface area contributed by atoms with Gasteiger partial charge in [-0.25, -0.2) is 4.79 Å². The summed E-state index contributed by atoms with van der Waals surface area (Å²) < 4.78 is 1.85. The maximum atomic E-state index is 12.5. The summed E-state index contributed by atoms with van der Waals surface area (Å²) in [5, 5.41) is 7.23. The number of aromatic nitrogens is 2. The van der Waals surface area contributed by atoms with Crippen LogP contribution in [0.25, 0.3) is 0 Å². The van der Waals surface area contributed by atoms with Crippen molar-refractivity contribution in [2.24, 2.45) is 11.7 Å². The van der Waals surface area contributed by atoms with Crippen LogP contribution in [0.3, 0.4) is 0 Å². The summed E-state index contributed by atoms with van der Waals surface area (Å²) in [6.07, 6.45) is 5.25. The molecule has 1 aromatic heterocycles. The van der Waals surface area contributed by atoms with E-state index in [1.165, 1.54) is 0 Å². The van der Waals surface area contributed by atoms with Crippen LogP contribution in [0.15, 0.2) is 42.7 Å². The number of nitrogens with one attached hydrogen (secondary N) is 1. The van der Waals surface area contributed by atoms with E-state index in [4.69, 9.17) is 5.73 Å². The predicted molar refractivity (Wildman–Crippen MR) is 93.5 cm³/mol. The van der Waals surface area contributed by atoms with Crippen molar-refractivity contribution in [1.82, 2.24) is 20.0 Å². The van der Waals surface area contributed by atoms with Crippen molar-refractivity contribution in [1.29, 1.82) is 0 Å². The third kappa shape index (κ3) is 4.37. The molecule has 3 amide bonds. The molecule has 2 aromatic rings. The van der Waals surface area contributed by atoms with E-state index < -0.39 is 6.03 Å². The molecule has 132 valence electrons. The molecular weight excluding hydrogens is 318 g/mol. The summed E-state index contributed by atoms with van der Waals surface area (Å²) in [5.74, 6) is -0.223. The molecule has 2 heterocycles. The van der Waals surface area contributed by atoms with Crippen LogP contribution in [0, 0.1) is 5.92 Å². The molecule has 0 aliphatic carbocycles. The van der Waals surface area contributed by atoms with Gasteiger partial charge in [-0.15, -0.1) is 0 Å². The third-order valence-corrected chi connectivity index (χ3v) is 4.57. The molecule has 0 saturated carbocycles. The van der Waals surface area contributed by atoms with Gasteiger partial charge >= 0.3 is 6.03 Å². The Bertz CT molecular complexity index is 729. The van der Waals surface area contributed by atoms with E-state index in [1.54, 1.807) is 11.1 Å². The summed E-state index contributed by atoms with van der Waals surface area (Å²) in [7, 11) is 0. The zero-order valence-corrected chi connectivity index (χ0v) is 14.1. The number of nitrogens with zero attached hydrogens (tertiary/aromatic N) is 3.